The fraction of sp³-hybridized carbons (Fsp3) is 0.333. The zero-order valence-corrected chi connectivity index (χ0v) is 12.9. The first kappa shape index (κ1) is 17.7. The van der Waals surface area contributed by atoms with Crippen LogP contribution in [-0.2, 0) is 25.7 Å². The van der Waals surface area contributed by atoms with Crippen molar-refractivity contribution >= 4 is 11.9 Å². The molecule has 1 aromatic carbocycles. The predicted octanol–water partition coefficient (Wildman–Crippen LogP) is 3.43. The molecule has 0 unspecified atom stereocenters. The number of ether oxygens (including phenoxy) is 2. The molecule has 0 aliphatic rings. The van der Waals surface area contributed by atoms with E-state index < -0.39 is 17.4 Å². The van der Waals surface area contributed by atoms with Crippen LogP contribution in [0.25, 0.3) is 0 Å². The minimum Gasteiger partial charge on any atom is -0.465 e. The molecule has 0 aliphatic heterocycles. The highest BCUT2D eigenvalue weighted by atomic mass is 16.6. The van der Waals surface area contributed by atoms with Crippen molar-refractivity contribution in [3.05, 3.63) is 61.2 Å². The molecule has 0 aromatic heterocycles. The van der Waals surface area contributed by atoms with Gasteiger partial charge in [0.05, 0.1) is 6.61 Å². The van der Waals surface area contributed by atoms with Crippen LogP contribution in [0.15, 0.2) is 55.6 Å². The molecule has 0 aliphatic carbocycles. The summed E-state index contributed by atoms with van der Waals surface area (Å²) < 4.78 is 10.4. The Hall–Kier alpha value is -2.36. The maximum Gasteiger partial charge on any atom is 0.324 e. The topological polar surface area (TPSA) is 52.6 Å². The van der Waals surface area contributed by atoms with Gasteiger partial charge in [0.15, 0.2) is 5.41 Å². The molecule has 1 rings (SSSR count). The lowest BCUT2D eigenvalue weighted by atomic mass is 9.81. The van der Waals surface area contributed by atoms with Crippen LogP contribution in [0.4, 0.5) is 0 Å². The fourth-order valence-electron chi connectivity index (χ4n) is 2.12. The van der Waals surface area contributed by atoms with Crippen molar-refractivity contribution in [2.75, 3.05) is 6.61 Å². The average molecular weight is 302 g/mol. The summed E-state index contributed by atoms with van der Waals surface area (Å²) in [6.45, 7) is 9.24. The van der Waals surface area contributed by atoms with Crippen LogP contribution in [0, 0.1) is 5.41 Å². The number of esters is 2. The van der Waals surface area contributed by atoms with Gasteiger partial charge in [-0.15, -0.1) is 13.2 Å². The van der Waals surface area contributed by atoms with Gasteiger partial charge in [0.2, 0.25) is 0 Å². The van der Waals surface area contributed by atoms with Gasteiger partial charge in [-0.3, -0.25) is 9.59 Å². The van der Waals surface area contributed by atoms with Crippen molar-refractivity contribution in [1.82, 2.24) is 0 Å². The molecule has 0 saturated carbocycles. The van der Waals surface area contributed by atoms with Crippen LogP contribution in [0.5, 0.6) is 0 Å². The van der Waals surface area contributed by atoms with Crippen molar-refractivity contribution in [2.24, 2.45) is 5.41 Å². The lowest BCUT2D eigenvalue weighted by Crippen LogP contribution is -2.41. The van der Waals surface area contributed by atoms with E-state index in [1.165, 1.54) is 12.2 Å². The number of carbonyl (C=O) groups excluding carboxylic acids is 2. The Morgan fingerprint density at radius 3 is 2.09 bits per heavy atom. The van der Waals surface area contributed by atoms with Crippen LogP contribution in [0.3, 0.4) is 0 Å². The van der Waals surface area contributed by atoms with Gasteiger partial charge >= 0.3 is 11.9 Å². The Balaban J connectivity index is 2.92. The quantitative estimate of drug-likeness (QED) is 0.398. The van der Waals surface area contributed by atoms with E-state index in [2.05, 4.69) is 13.2 Å². The summed E-state index contributed by atoms with van der Waals surface area (Å²) in [6, 6.07) is 9.29. The summed E-state index contributed by atoms with van der Waals surface area (Å²) in [6.07, 6.45) is 3.32. The van der Waals surface area contributed by atoms with E-state index in [1.807, 2.05) is 30.3 Å². The highest BCUT2D eigenvalue weighted by Crippen LogP contribution is 2.32. The first-order chi connectivity index (χ1) is 10.6. The van der Waals surface area contributed by atoms with Gasteiger partial charge in [-0.05, 0) is 25.3 Å². The van der Waals surface area contributed by atoms with Crippen molar-refractivity contribution in [3.63, 3.8) is 0 Å². The number of allylic oxidation sites excluding steroid dienone is 2. The molecule has 0 spiro atoms. The number of carbonyl (C=O) groups is 2. The summed E-state index contributed by atoms with van der Waals surface area (Å²) >= 11 is 0. The molecule has 0 bridgehead atoms. The van der Waals surface area contributed by atoms with Crippen LogP contribution >= 0.6 is 0 Å². The van der Waals surface area contributed by atoms with Gasteiger partial charge in [0.1, 0.15) is 6.61 Å². The third-order valence-electron chi connectivity index (χ3n) is 3.26. The Kier molecular flexibility index (Phi) is 7.09. The molecule has 4 heteroatoms. The molecule has 0 saturated heterocycles. The van der Waals surface area contributed by atoms with Gasteiger partial charge in [-0.2, -0.15) is 0 Å². The smallest absolute Gasteiger partial charge is 0.324 e. The Labute approximate surface area is 131 Å². The van der Waals surface area contributed by atoms with E-state index in [1.54, 1.807) is 6.92 Å². The van der Waals surface area contributed by atoms with Gasteiger partial charge in [-0.1, -0.05) is 42.5 Å². The van der Waals surface area contributed by atoms with Crippen LogP contribution in [0.1, 0.15) is 25.3 Å². The maximum atomic E-state index is 12.5. The summed E-state index contributed by atoms with van der Waals surface area (Å²) in [7, 11) is 0. The number of rotatable bonds is 9. The van der Waals surface area contributed by atoms with Gasteiger partial charge in [0, 0.05) is 0 Å². The summed E-state index contributed by atoms with van der Waals surface area (Å²) in [5, 5.41) is 0. The summed E-state index contributed by atoms with van der Waals surface area (Å²) in [5.41, 5.74) is -0.556. The van der Waals surface area contributed by atoms with E-state index >= 15 is 0 Å². The van der Waals surface area contributed by atoms with Crippen LogP contribution in [0.2, 0.25) is 0 Å². The molecule has 0 amide bonds. The highest BCUT2D eigenvalue weighted by Gasteiger charge is 2.46. The largest absolute Gasteiger partial charge is 0.465 e. The Morgan fingerprint density at radius 1 is 1.05 bits per heavy atom. The Morgan fingerprint density at radius 2 is 1.59 bits per heavy atom. The summed E-state index contributed by atoms with van der Waals surface area (Å²) in [4.78, 5) is 24.8. The van der Waals surface area contributed by atoms with E-state index in [0.29, 0.717) is 0 Å². The molecular weight excluding hydrogens is 280 g/mol. The van der Waals surface area contributed by atoms with E-state index in [-0.39, 0.29) is 26.1 Å². The van der Waals surface area contributed by atoms with Crippen molar-refractivity contribution in [3.8, 4) is 0 Å². The second-order valence-electron chi connectivity index (χ2n) is 4.85. The first-order valence-electron chi connectivity index (χ1n) is 7.21. The van der Waals surface area contributed by atoms with E-state index in [4.69, 9.17) is 9.47 Å². The number of benzene rings is 1. The molecule has 0 fully saturated rings. The average Bonchev–Trinajstić information content (AvgIpc) is 2.53. The van der Waals surface area contributed by atoms with E-state index in [0.717, 1.165) is 5.56 Å². The molecule has 0 radical (unpaired) electrons. The third kappa shape index (κ3) is 4.32. The Bertz CT molecular complexity index is 509. The molecule has 0 N–H and O–H groups in total. The monoisotopic (exact) mass is 302 g/mol. The zero-order valence-electron chi connectivity index (χ0n) is 12.9. The molecule has 4 nitrogen and oxygen atoms in total. The number of hydrogen-bond acceptors (Lipinski definition) is 4. The van der Waals surface area contributed by atoms with Crippen molar-refractivity contribution in [1.29, 1.82) is 0 Å². The maximum absolute atomic E-state index is 12.5. The third-order valence-corrected chi connectivity index (χ3v) is 3.26. The second kappa shape index (κ2) is 8.82. The van der Waals surface area contributed by atoms with E-state index in [9.17, 15) is 9.59 Å². The molecule has 1 aromatic rings. The van der Waals surface area contributed by atoms with Crippen LogP contribution < -0.4 is 0 Å². The normalized spacial score (nSPS) is 10.6. The van der Waals surface area contributed by atoms with Gasteiger partial charge < -0.3 is 9.47 Å². The van der Waals surface area contributed by atoms with Crippen molar-refractivity contribution < 1.29 is 19.1 Å². The fourth-order valence-corrected chi connectivity index (χ4v) is 2.12. The van der Waals surface area contributed by atoms with Crippen LogP contribution in [-0.4, -0.2) is 18.5 Å². The summed E-state index contributed by atoms with van der Waals surface area (Å²) in [5.74, 6) is -1.22. The SMILES string of the molecule is C=CCC(CC=C)(C(=O)OCC)C(=O)OCc1ccccc1. The van der Waals surface area contributed by atoms with Gasteiger partial charge in [0.25, 0.3) is 0 Å². The predicted molar refractivity (Wildman–Crippen MR) is 84.9 cm³/mol. The lowest BCUT2D eigenvalue weighted by Gasteiger charge is -2.27. The standard InChI is InChI=1S/C18H22O4/c1-4-12-18(13-5-2,16(19)21-6-3)17(20)22-14-15-10-8-7-9-11-15/h4-5,7-11H,1-2,6,12-14H2,3H3. The minimum absolute atomic E-state index is 0.106. The highest BCUT2D eigenvalue weighted by molar-refractivity contribution is 6.00. The zero-order chi connectivity index (χ0) is 16.4. The molecular formula is C18H22O4. The first-order valence-corrected chi connectivity index (χ1v) is 7.21. The lowest BCUT2D eigenvalue weighted by molar-refractivity contribution is -0.172. The number of hydrogen-bond donors (Lipinski definition) is 0. The second-order valence-corrected chi connectivity index (χ2v) is 4.85. The van der Waals surface area contributed by atoms with Gasteiger partial charge in [-0.25, -0.2) is 0 Å². The molecule has 22 heavy (non-hydrogen) atoms. The minimum atomic E-state index is -1.41. The molecule has 0 atom stereocenters. The molecule has 0 heterocycles. The molecule has 118 valence electrons. The van der Waals surface area contributed by atoms with Crippen molar-refractivity contribution in [2.45, 2.75) is 26.4 Å².